The van der Waals surface area contributed by atoms with Crippen LogP contribution in [0.4, 0.5) is 0 Å². The Morgan fingerprint density at radius 2 is 1.76 bits per heavy atom. The molecule has 5 rings (SSSR count). The molecular formula is C25H29N3O5S. The van der Waals surface area contributed by atoms with Crippen LogP contribution in [0.1, 0.15) is 44.2 Å². The summed E-state index contributed by atoms with van der Waals surface area (Å²) >= 11 is 0. The van der Waals surface area contributed by atoms with E-state index in [1.807, 2.05) is 42.0 Å². The quantitative estimate of drug-likeness (QED) is 0.576. The second-order valence-corrected chi connectivity index (χ2v) is 10.8. The van der Waals surface area contributed by atoms with E-state index < -0.39 is 16.1 Å². The number of aromatic nitrogens is 1. The van der Waals surface area contributed by atoms with Crippen LogP contribution < -0.4 is 14.8 Å². The Labute approximate surface area is 199 Å². The zero-order chi connectivity index (χ0) is 23.7. The van der Waals surface area contributed by atoms with Crippen molar-refractivity contribution in [1.29, 1.82) is 0 Å². The molecule has 0 aliphatic carbocycles. The predicted octanol–water partition coefficient (Wildman–Crippen LogP) is 3.81. The highest BCUT2D eigenvalue weighted by Crippen LogP contribution is 2.32. The molecule has 0 bridgehead atoms. The number of hydrogen-bond acceptors (Lipinski definition) is 5. The van der Waals surface area contributed by atoms with Gasteiger partial charge in [-0.1, -0.05) is 18.9 Å². The molecule has 2 aliphatic heterocycles. The van der Waals surface area contributed by atoms with Crippen molar-refractivity contribution >= 4 is 26.8 Å². The van der Waals surface area contributed by atoms with Crippen LogP contribution in [0.5, 0.6) is 11.5 Å². The number of nitrogens with one attached hydrogen (secondary N) is 1. The number of carbonyl (C=O) groups is 1. The first-order chi connectivity index (χ1) is 16.4. The van der Waals surface area contributed by atoms with E-state index in [0.29, 0.717) is 36.0 Å². The zero-order valence-electron chi connectivity index (χ0n) is 19.2. The summed E-state index contributed by atoms with van der Waals surface area (Å²) in [5.74, 6) is 1.26. The monoisotopic (exact) mass is 483 g/mol. The van der Waals surface area contributed by atoms with Gasteiger partial charge in [-0.15, -0.1) is 0 Å². The molecule has 34 heavy (non-hydrogen) atoms. The predicted molar refractivity (Wildman–Crippen MR) is 128 cm³/mol. The number of ether oxygens (including phenoxy) is 2. The van der Waals surface area contributed by atoms with Gasteiger partial charge in [-0.05, 0) is 61.7 Å². The minimum absolute atomic E-state index is 0.128. The minimum Gasteiger partial charge on any atom is -0.454 e. The Balaban J connectivity index is 1.30. The van der Waals surface area contributed by atoms with Crippen molar-refractivity contribution in [1.82, 2.24) is 14.2 Å². The summed E-state index contributed by atoms with van der Waals surface area (Å²) in [5.41, 5.74) is 1.74. The molecular weight excluding hydrogens is 454 g/mol. The van der Waals surface area contributed by atoms with Gasteiger partial charge in [0, 0.05) is 36.7 Å². The highest BCUT2D eigenvalue weighted by atomic mass is 32.2. The summed E-state index contributed by atoms with van der Waals surface area (Å²) in [7, 11) is -3.52. The molecule has 0 unspecified atom stereocenters. The summed E-state index contributed by atoms with van der Waals surface area (Å²) in [4.78, 5) is 13.2. The van der Waals surface area contributed by atoms with Crippen molar-refractivity contribution in [3.05, 3.63) is 54.2 Å². The smallest absolute Gasteiger partial charge is 0.243 e. The van der Waals surface area contributed by atoms with E-state index in [9.17, 15) is 13.2 Å². The van der Waals surface area contributed by atoms with Crippen molar-refractivity contribution in [3.63, 3.8) is 0 Å². The fourth-order valence-corrected chi connectivity index (χ4v) is 6.14. The van der Waals surface area contributed by atoms with Crippen LogP contribution in [-0.2, 0) is 21.4 Å². The first kappa shape index (κ1) is 22.7. The Morgan fingerprint density at radius 3 is 2.56 bits per heavy atom. The number of amides is 1. The molecule has 9 heteroatoms. The molecule has 3 heterocycles. The molecule has 1 saturated heterocycles. The lowest BCUT2D eigenvalue weighted by Crippen LogP contribution is -2.32. The molecule has 2 aromatic carbocycles. The number of carbonyl (C=O) groups excluding carboxylic acids is 1. The molecule has 3 aromatic rings. The van der Waals surface area contributed by atoms with Gasteiger partial charge in [0.15, 0.2) is 11.5 Å². The third kappa shape index (κ3) is 4.37. The Bertz CT molecular complexity index is 1310. The average molecular weight is 484 g/mol. The van der Waals surface area contributed by atoms with Crippen LogP contribution in [0.25, 0.3) is 10.9 Å². The van der Waals surface area contributed by atoms with E-state index in [2.05, 4.69) is 5.32 Å². The molecule has 0 spiro atoms. The summed E-state index contributed by atoms with van der Waals surface area (Å²) in [6, 6.07) is 12.2. The Morgan fingerprint density at radius 1 is 1.00 bits per heavy atom. The van der Waals surface area contributed by atoms with E-state index in [1.165, 1.54) is 0 Å². The largest absolute Gasteiger partial charge is 0.454 e. The zero-order valence-corrected chi connectivity index (χ0v) is 20.0. The number of sulfonamides is 1. The first-order valence-electron chi connectivity index (χ1n) is 11.7. The Hall–Kier alpha value is -3.04. The topological polar surface area (TPSA) is 89.9 Å². The SMILES string of the molecule is C[C@H](C(=O)NCc1ccc2c(c1)OCO2)n1ccc2cc(S(=O)(=O)N3CCCCCC3)ccc21. The summed E-state index contributed by atoms with van der Waals surface area (Å²) < 4.78 is 40.5. The lowest BCUT2D eigenvalue weighted by molar-refractivity contribution is -0.123. The third-order valence-corrected chi connectivity index (χ3v) is 8.49. The van der Waals surface area contributed by atoms with Crippen molar-refractivity contribution < 1.29 is 22.7 Å². The standard InChI is InChI=1S/C25H29N3O5S/c1-18(25(29)26-16-19-6-9-23-24(14-19)33-17-32-23)28-13-10-20-15-21(7-8-22(20)28)34(30,31)27-11-4-2-3-5-12-27/h6-10,13-15,18H,2-5,11-12,16-17H2,1H3,(H,26,29)/t18-/m1/s1. The molecule has 1 N–H and O–H groups in total. The maximum absolute atomic E-state index is 13.2. The van der Waals surface area contributed by atoms with Crippen LogP contribution >= 0.6 is 0 Å². The van der Waals surface area contributed by atoms with Crippen LogP contribution in [0.2, 0.25) is 0 Å². The lowest BCUT2D eigenvalue weighted by Gasteiger charge is -2.20. The number of hydrogen-bond donors (Lipinski definition) is 1. The van der Waals surface area contributed by atoms with Crippen molar-refractivity contribution in [3.8, 4) is 11.5 Å². The van der Waals surface area contributed by atoms with Gasteiger partial charge in [0.1, 0.15) is 6.04 Å². The summed E-state index contributed by atoms with van der Waals surface area (Å²) in [6.07, 6.45) is 5.77. The van der Waals surface area contributed by atoms with Gasteiger partial charge in [0.25, 0.3) is 0 Å². The van der Waals surface area contributed by atoms with Gasteiger partial charge in [0.2, 0.25) is 22.7 Å². The average Bonchev–Trinajstić information content (AvgIpc) is 3.39. The second-order valence-electron chi connectivity index (χ2n) is 8.84. The molecule has 8 nitrogen and oxygen atoms in total. The molecule has 180 valence electrons. The fourth-order valence-electron chi connectivity index (χ4n) is 4.59. The van der Waals surface area contributed by atoms with Crippen molar-refractivity contribution in [2.75, 3.05) is 19.9 Å². The number of rotatable bonds is 6. The normalized spacial score (nSPS) is 17.4. The van der Waals surface area contributed by atoms with Gasteiger partial charge >= 0.3 is 0 Å². The second kappa shape index (κ2) is 9.31. The summed E-state index contributed by atoms with van der Waals surface area (Å²) in [5, 5.41) is 3.77. The molecule has 1 amide bonds. The molecule has 0 saturated carbocycles. The van der Waals surface area contributed by atoms with Crippen molar-refractivity contribution in [2.24, 2.45) is 0 Å². The third-order valence-electron chi connectivity index (χ3n) is 6.60. The van der Waals surface area contributed by atoms with Gasteiger partial charge in [-0.25, -0.2) is 8.42 Å². The van der Waals surface area contributed by atoms with Gasteiger partial charge in [-0.3, -0.25) is 4.79 Å². The van der Waals surface area contributed by atoms with Crippen LogP contribution in [0, 0.1) is 0 Å². The molecule has 1 fully saturated rings. The van der Waals surface area contributed by atoms with E-state index in [-0.39, 0.29) is 12.7 Å². The minimum atomic E-state index is -3.52. The molecule has 1 atom stereocenters. The van der Waals surface area contributed by atoms with Gasteiger partial charge in [-0.2, -0.15) is 4.31 Å². The highest BCUT2D eigenvalue weighted by Gasteiger charge is 2.26. The van der Waals surface area contributed by atoms with Crippen LogP contribution in [0.3, 0.4) is 0 Å². The number of nitrogens with zero attached hydrogens (tertiary/aromatic N) is 2. The maximum Gasteiger partial charge on any atom is 0.243 e. The maximum atomic E-state index is 13.2. The highest BCUT2D eigenvalue weighted by molar-refractivity contribution is 7.89. The molecule has 2 aliphatic rings. The first-order valence-corrected chi connectivity index (χ1v) is 13.1. The Kier molecular flexibility index (Phi) is 6.22. The van der Waals surface area contributed by atoms with Gasteiger partial charge < -0.3 is 19.4 Å². The van der Waals surface area contributed by atoms with Crippen LogP contribution in [-0.4, -0.2) is 43.1 Å². The van der Waals surface area contributed by atoms with Crippen molar-refractivity contribution in [2.45, 2.75) is 50.1 Å². The van der Waals surface area contributed by atoms with E-state index in [0.717, 1.165) is 42.1 Å². The van der Waals surface area contributed by atoms with E-state index in [4.69, 9.17) is 9.47 Å². The number of benzene rings is 2. The molecule has 0 radical (unpaired) electrons. The number of fused-ring (bicyclic) bond motifs is 2. The molecule has 1 aromatic heterocycles. The van der Waals surface area contributed by atoms with Crippen LogP contribution in [0.15, 0.2) is 53.6 Å². The summed E-state index contributed by atoms with van der Waals surface area (Å²) in [6.45, 7) is 3.56. The fraction of sp³-hybridized carbons (Fsp3) is 0.400. The van der Waals surface area contributed by atoms with E-state index >= 15 is 0 Å². The van der Waals surface area contributed by atoms with Gasteiger partial charge in [0.05, 0.1) is 4.90 Å². The van der Waals surface area contributed by atoms with E-state index in [1.54, 1.807) is 22.5 Å². The lowest BCUT2D eigenvalue weighted by atomic mass is 10.2.